The zero-order valence-corrected chi connectivity index (χ0v) is 13.2. The third kappa shape index (κ3) is 3.88. The minimum Gasteiger partial charge on any atom is -0.298 e. The summed E-state index contributed by atoms with van der Waals surface area (Å²) in [6.07, 6.45) is 0. The molecule has 1 aromatic rings. The molecule has 0 saturated carbocycles. The minimum absolute atomic E-state index is 0.207. The molecule has 0 radical (unpaired) electrons. The summed E-state index contributed by atoms with van der Waals surface area (Å²) in [5.41, 5.74) is 0.792. The molecule has 19 heavy (non-hydrogen) atoms. The standard InChI is InChI=1S/C15H21BrN2O/c1-3-18-8-7-17(10-12(18)2)11-15(19)13-5-4-6-14(16)9-13/h4-6,9,12H,3,7-8,10-11H2,1-2H3. The second kappa shape index (κ2) is 6.64. The summed E-state index contributed by atoms with van der Waals surface area (Å²) in [7, 11) is 0. The average Bonchev–Trinajstić information content (AvgIpc) is 2.39. The summed E-state index contributed by atoms with van der Waals surface area (Å²) in [6.45, 7) is 9.07. The van der Waals surface area contributed by atoms with Gasteiger partial charge in [-0.2, -0.15) is 0 Å². The maximum atomic E-state index is 12.2. The molecule has 0 amide bonds. The summed E-state index contributed by atoms with van der Waals surface area (Å²) < 4.78 is 0.961. The Balaban J connectivity index is 1.93. The molecule has 2 rings (SSSR count). The van der Waals surface area contributed by atoms with Gasteiger partial charge in [0.15, 0.2) is 5.78 Å². The second-order valence-electron chi connectivity index (χ2n) is 5.15. The molecule has 0 spiro atoms. The van der Waals surface area contributed by atoms with Gasteiger partial charge in [0.25, 0.3) is 0 Å². The zero-order chi connectivity index (χ0) is 13.8. The van der Waals surface area contributed by atoms with Gasteiger partial charge in [-0.1, -0.05) is 35.0 Å². The quantitative estimate of drug-likeness (QED) is 0.795. The van der Waals surface area contributed by atoms with Crippen LogP contribution in [0.4, 0.5) is 0 Å². The third-order valence-electron chi connectivity index (χ3n) is 3.77. The fourth-order valence-corrected chi connectivity index (χ4v) is 3.04. The van der Waals surface area contributed by atoms with E-state index in [9.17, 15) is 4.79 Å². The second-order valence-corrected chi connectivity index (χ2v) is 6.06. The largest absolute Gasteiger partial charge is 0.298 e. The van der Waals surface area contributed by atoms with Crippen LogP contribution in [0.5, 0.6) is 0 Å². The molecule has 1 aromatic carbocycles. The lowest BCUT2D eigenvalue weighted by Gasteiger charge is -2.39. The first kappa shape index (κ1) is 14.7. The van der Waals surface area contributed by atoms with Crippen molar-refractivity contribution in [3.05, 3.63) is 34.3 Å². The number of halogens is 1. The van der Waals surface area contributed by atoms with Crippen LogP contribution in [0.2, 0.25) is 0 Å². The molecule has 3 nitrogen and oxygen atoms in total. The Hall–Kier alpha value is -0.710. The van der Waals surface area contributed by atoms with E-state index in [0.717, 1.165) is 36.2 Å². The van der Waals surface area contributed by atoms with Crippen LogP contribution in [0.3, 0.4) is 0 Å². The van der Waals surface area contributed by atoms with Crippen LogP contribution in [-0.4, -0.2) is 54.3 Å². The van der Waals surface area contributed by atoms with Gasteiger partial charge < -0.3 is 0 Å². The summed E-state index contributed by atoms with van der Waals surface area (Å²) in [5.74, 6) is 0.207. The fourth-order valence-electron chi connectivity index (χ4n) is 2.64. The number of carbonyl (C=O) groups excluding carboxylic acids is 1. The lowest BCUT2D eigenvalue weighted by molar-refractivity contribution is 0.0723. The van der Waals surface area contributed by atoms with Crippen molar-refractivity contribution in [1.82, 2.24) is 9.80 Å². The molecule has 1 aliphatic rings. The van der Waals surface area contributed by atoms with Gasteiger partial charge in [0.05, 0.1) is 6.54 Å². The van der Waals surface area contributed by atoms with Crippen molar-refractivity contribution in [3.63, 3.8) is 0 Å². The van der Waals surface area contributed by atoms with E-state index in [2.05, 4.69) is 39.6 Å². The molecule has 1 fully saturated rings. The Labute approximate surface area is 123 Å². The Kier molecular flexibility index (Phi) is 5.13. The van der Waals surface area contributed by atoms with Crippen LogP contribution in [0.15, 0.2) is 28.7 Å². The molecule has 1 heterocycles. The molecule has 0 aromatic heterocycles. The van der Waals surface area contributed by atoms with E-state index in [4.69, 9.17) is 0 Å². The molecule has 1 aliphatic heterocycles. The average molecular weight is 325 g/mol. The van der Waals surface area contributed by atoms with Crippen molar-refractivity contribution in [1.29, 1.82) is 0 Å². The van der Waals surface area contributed by atoms with Crippen molar-refractivity contribution in [2.75, 3.05) is 32.7 Å². The maximum absolute atomic E-state index is 12.2. The lowest BCUT2D eigenvalue weighted by Crippen LogP contribution is -2.52. The molecule has 0 aliphatic carbocycles. The van der Waals surface area contributed by atoms with Gasteiger partial charge in [0.2, 0.25) is 0 Å². The molecule has 1 atom stereocenters. The van der Waals surface area contributed by atoms with E-state index in [1.54, 1.807) is 0 Å². The SMILES string of the molecule is CCN1CCN(CC(=O)c2cccc(Br)c2)CC1C. The molecular weight excluding hydrogens is 304 g/mol. The van der Waals surface area contributed by atoms with Crippen molar-refractivity contribution >= 4 is 21.7 Å². The normalized spacial score (nSPS) is 21.5. The van der Waals surface area contributed by atoms with Crippen molar-refractivity contribution < 1.29 is 4.79 Å². The molecule has 0 N–H and O–H groups in total. The van der Waals surface area contributed by atoms with E-state index in [1.165, 1.54) is 0 Å². The molecule has 4 heteroatoms. The molecule has 0 bridgehead atoms. The maximum Gasteiger partial charge on any atom is 0.176 e. The first-order chi connectivity index (χ1) is 9.10. The number of rotatable bonds is 4. The highest BCUT2D eigenvalue weighted by atomic mass is 79.9. The number of Topliss-reactive ketones (excluding diaryl/α,β-unsaturated/α-hetero) is 1. The number of nitrogens with zero attached hydrogens (tertiary/aromatic N) is 2. The van der Waals surface area contributed by atoms with E-state index in [1.807, 2.05) is 24.3 Å². The first-order valence-electron chi connectivity index (χ1n) is 6.85. The van der Waals surface area contributed by atoms with Gasteiger partial charge in [0.1, 0.15) is 0 Å². The van der Waals surface area contributed by atoms with Crippen molar-refractivity contribution in [3.8, 4) is 0 Å². The topological polar surface area (TPSA) is 23.6 Å². The number of likely N-dealkylation sites (N-methyl/N-ethyl adjacent to an activating group) is 1. The minimum atomic E-state index is 0.207. The van der Waals surface area contributed by atoms with E-state index >= 15 is 0 Å². The van der Waals surface area contributed by atoms with Gasteiger partial charge in [-0.05, 0) is 25.6 Å². The smallest absolute Gasteiger partial charge is 0.176 e. The van der Waals surface area contributed by atoms with E-state index in [-0.39, 0.29) is 5.78 Å². The predicted molar refractivity (Wildman–Crippen MR) is 81.6 cm³/mol. The Bertz CT molecular complexity index is 450. The van der Waals surface area contributed by atoms with Crippen LogP contribution in [0, 0.1) is 0 Å². The van der Waals surface area contributed by atoms with Gasteiger partial charge in [-0.3, -0.25) is 14.6 Å². The van der Waals surface area contributed by atoms with Crippen molar-refractivity contribution in [2.24, 2.45) is 0 Å². The highest BCUT2D eigenvalue weighted by Gasteiger charge is 2.23. The predicted octanol–water partition coefficient (Wildman–Crippen LogP) is 2.66. The zero-order valence-electron chi connectivity index (χ0n) is 11.6. The van der Waals surface area contributed by atoms with Gasteiger partial charge in [-0.15, -0.1) is 0 Å². The summed E-state index contributed by atoms with van der Waals surface area (Å²) in [4.78, 5) is 17.0. The van der Waals surface area contributed by atoms with Gasteiger partial charge in [-0.25, -0.2) is 0 Å². The lowest BCUT2D eigenvalue weighted by atomic mass is 10.1. The monoisotopic (exact) mass is 324 g/mol. The van der Waals surface area contributed by atoms with Gasteiger partial charge >= 0.3 is 0 Å². The summed E-state index contributed by atoms with van der Waals surface area (Å²) in [5, 5.41) is 0. The molecule has 1 saturated heterocycles. The van der Waals surface area contributed by atoms with E-state index < -0.39 is 0 Å². The highest BCUT2D eigenvalue weighted by molar-refractivity contribution is 9.10. The molecule has 104 valence electrons. The number of carbonyl (C=O) groups is 1. The Morgan fingerprint density at radius 1 is 1.42 bits per heavy atom. The number of benzene rings is 1. The first-order valence-corrected chi connectivity index (χ1v) is 7.64. The van der Waals surface area contributed by atoms with Crippen LogP contribution in [0.25, 0.3) is 0 Å². The summed E-state index contributed by atoms with van der Waals surface area (Å²) in [6, 6.07) is 8.18. The highest BCUT2D eigenvalue weighted by Crippen LogP contribution is 2.14. The van der Waals surface area contributed by atoms with E-state index in [0.29, 0.717) is 12.6 Å². The number of hydrogen-bond donors (Lipinski definition) is 0. The fraction of sp³-hybridized carbons (Fsp3) is 0.533. The van der Waals surface area contributed by atoms with Crippen LogP contribution in [0.1, 0.15) is 24.2 Å². The molecule has 1 unspecified atom stereocenters. The molecular formula is C15H21BrN2O. The number of ketones is 1. The number of hydrogen-bond acceptors (Lipinski definition) is 3. The number of piperazine rings is 1. The van der Waals surface area contributed by atoms with Crippen LogP contribution in [-0.2, 0) is 0 Å². The van der Waals surface area contributed by atoms with Crippen molar-refractivity contribution in [2.45, 2.75) is 19.9 Å². The van der Waals surface area contributed by atoms with Gasteiger partial charge in [0, 0.05) is 35.7 Å². The third-order valence-corrected chi connectivity index (χ3v) is 4.26. The Morgan fingerprint density at radius 3 is 2.84 bits per heavy atom. The Morgan fingerprint density at radius 2 is 2.21 bits per heavy atom. The van der Waals surface area contributed by atoms with Crippen LogP contribution < -0.4 is 0 Å². The van der Waals surface area contributed by atoms with Crippen LogP contribution >= 0.6 is 15.9 Å². The summed E-state index contributed by atoms with van der Waals surface area (Å²) >= 11 is 3.41.